The first kappa shape index (κ1) is 18.2. The minimum Gasteiger partial charge on any atom is -0.484 e. The Morgan fingerprint density at radius 2 is 2.19 bits per heavy atom. The second-order valence-corrected chi connectivity index (χ2v) is 6.81. The summed E-state index contributed by atoms with van der Waals surface area (Å²) in [6.07, 6.45) is 5.10. The lowest BCUT2D eigenvalue weighted by Gasteiger charge is -2.20. The quantitative estimate of drug-likeness (QED) is 0.823. The largest absolute Gasteiger partial charge is 0.484 e. The Morgan fingerprint density at radius 1 is 1.38 bits per heavy atom. The van der Waals surface area contributed by atoms with E-state index in [0.29, 0.717) is 30.7 Å². The standard InChI is InChI=1S/C19H26N4O3/c1-14-6-5-9-16(12-14)25-13-18-21-17(22-26-18)10-11-23(2)19(24)20-15-7-3-4-8-15/h5-6,9,12,15H,3-4,7-8,10-11,13H2,1-2H3,(H,20,24). The predicted octanol–water partition coefficient (Wildman–Crippen LogP) is 3.08. The number of aromatic nitrogens is 2. The SMILES string of the molecule is Cc1cccc(OCc2nc(CCN(C)C(=O)NC3CCCC3)no2)c1. The van der Waals surface area contributed by atoms with Crippen LogP contribution in [0.15, 0.2) is 28.8 Å². The summed E-state index contributed by atoms with van der Waals surface area (Å²) < 4.78 is 10.9. The van der Waals surface area contributed by atoms with Crippen molar-refractivity contribution in [2.75, 3.05) is 13.6 Å². The minimum absolute atomic E-state index is 0.0385. The maximum Gasteiger partial charge on any atom is 0.317 e. The summed E-state index contributed by atoms with van der Waals surface area (Å²) >= 11 is 0. The van der Waals surface area contributed by atoms with E-state index in [9.17, 15) is 4.79 Å². The zero-order chi connectivity index (χ0) is 18.4. The van der Waals surface area contributed by atoms with Gasteiger partial charge in [-0.15, -0.1) is 0 Å². The Labute approximate surface area is 153 Å². The van der Waals surface area contributed by atoms with Crippen molar-refractivity contribution >= 4 is 6.03 Å². The number of nitrogens with one attached hydrogen (secondary N) is 1. The fourth-order valence-corrected chi connectivity index (χ4v) is 3.02. The third-order valence-corrected chi connectivity index (χ3v) is 4.56. The van der Waals surface area contributed by atoms with Crippen molar-refractivity contribution in [3.05, 3.63) is 41.5 Å². The van der Waals surface area contributed by atoms with Gasteiger partial charge in [-0.05, 0) is 37.5 Å². The molecule has 0 aliphatic heterocycles. The van der Waals surface area contributed by atoms with Crippen molar-refractivity contribution in [3.63, 3.8) is 0 Å². The van der Waals surface area contributed by atoms with Crippen LogP contribution < -0.4 is 10.1 Å². The number of carbonyl (C=O) groups excluding carboxylic acids is 1. The highest BCUT2D eigenvalue weighted by Gasteiger charge is 2.19. The molecule has 2 amide bonds. The average molecular weight is 358 g/mol. The van der Waals surface area contributed by atoms with Crippen LogP contribution in [-0.2, 0) is 13.0 Å². The Hall–Kier alpha value is -2.57. The number of ether oxygens (including phenoxy) is 1. The van der Waals surface area contributed by atoms with E-state index in [1.165, 1.54) is 12.8 Å². The van der Waals surface area contributed by atoms with E-state index < -0.39 is 0 Å². The molecule has 140 valence electrons. The van der Waals surface area contributed by atoms with Gasteiger partial charge in [0.1, 0.15) is 5.75 Å². The molecule has 1 N–H and O–H groups in total. The highest BCUT2D eigenvalue weighted by molar-refractivity contribution is 5.74. The van der Waals surface area contributed by atoms with Crippen LogP contribution in [0.25, 0.3) is 0 Å². The van der Waals surface area contributed by atoms with Crippen LogP contribution in [0.2, 0.25) is 0 Å². The molecular formula is C19H26N4O3. The fourth-order valence-electron chi connectivity index (χ4n) is 3.02. The Balaban J connectivity index is 1.42. The second kappa shape index (κ2) is 8.69. The van der Waals surface area contributed by atoms with E-state index in [4.69, 9.17) is 9.26 Å². The van der Waals surface area contributed by atoms with E-state index in [0.717, 1.165) is 24.2 Å². The van der Waals surface area contributed by atoms with Gasteiger partial charge in [0, 0.05) is 26.1 Å². The molecule has 0 bridgehead atoms. The van der Waals surface area contributed by atoms with Crippen molar-refractivity contribution in [1.29, 1.82) is 0 Å². The van der Waals surface area contributed by atoms with Crippen molar-refractivity contribution in [2.24, 2.45) is 0 Å². The molecule has 2 aromatic rings. The number of hydrogen-bond acceptors (Lipinski definition) is 5. The number of nitrogens with zero attached hydrogens (tertiary/aromatic N) is 3. The molecule has 3 rings (SSSR count). The summed E-state index contributed by atoms with van der Waals surface area (Å²) in [4.78, 5) is 18.1. The van der Waals surface area contributed by atoms with E-state index >= 15 is 0 Å². The van der Waals surface area contributed by atoms with Gasteiger partial charge >= 0.3 is 6.03 Å². The maximum atomic E-state index is 12.1. The summed E-state index contributed by atoms with van der Waals surface area (Å²) in [5.74, 6) is 1.78. The molecule has 0 spiro atoms. The molecule has 1 aromatic carbocycles. The third kappa shape index (κ3) is 5.21. The summed E-state index contributed by atoms with van der Waals surface area (Å²) in [7, 11) is 1.78. The lowest BCUT2D eigenvalue weighted by Crippen LogP contribution is -2.42. The van der Waals surface area contributed by atoms with Gasteiger partial charge in [0.05, 0.1) is 0 Å². The summed E-state index contributed by atoms with van der Waals surface area (Å²) in [5, 5.41) is 7.02. The Bertz CT molecular complexity index is 725. The highest BCUT2D eigenvalue weighted by Crippen LogP contribution is 2.18. The van der Waals surface area contributed by atoms with Crippen LogP contribution >= 0.6 is 0 Å². The molecule has 1 aliphatic rings. The van der Waals surface area contributed by atoms with Gasteiger partial charge < -0.3 is 19.5 Å². The first-order valence-electron chi connectivity index (χ1n) is 9.13. The highest BCUT2D eigenvalue weighted by atomic mass is 16.5. The normalized spacial score (nSPS) is 14.4. The number of amides is 2. The van der Waals surface area contributed by atoms with Crippen LogP contribution in [0.3, 0.4) is 0 Å². The van der Waals surface area contributed by atoms with Crippen LogP contribution in [0.4, 0.5) is 4.79 Å². The van der Waals surface area contributed by atoms with Crippen LogP contribution in [0.5, 0.6) is 5.75 Å². The number of carbonyl (C=O) groups is 1. The summed E-state index contributed by atoms with van der Waals surface area (Å²) in [5.41, 5.74) is 1.13. The molecule has 0 atom stereocenters. The number of hydrogen-bond donors (Lipinski definition) is 1. The predicted molar refractivity (Wildman–Crippen MR) is 96.9 cm³/mol. The third-order valence-electron chi connectivity index (χ3n) is 4.56. The van der Waals surface area contributed by atoms with Crippen molar-refractivity contribution in [3.8, 4) is 5.75 Å². The van der Waals surface area contributed by atoms with Crippen molar-refractivity contribution in [1.82, 2.24) is 20.4 Å². The van der Waals surface area contributed by atoms with Gasteiger partial charge in [-0.25, -0.2) is 4.79 Å². The monoisotopic (exact) mass is 358 g/mol. The molecule has 1 aliphatic carbocycles. The molecular weight excluding hydrogens is 332 g/mol. The van der Waals surface area contributed by atoms with Gasteiger partial charge in [-0.1, -0.05) is 30.1 Å². The molecule has 26 heavy (non-hydrogen) atoms. The van der Waals surface area contributed by atoms with Crippen LogP contribution in [0, 0.1) is 6.92 Å². The molecule has 1 aromatic heterocycles. The zero-order valence-corrected chi connectivity index (χ0v) is 15.4. The lowest BCUT2D eigenvalue weighted by atomic mass is 10.2. The van der Waals surface area contributed by atoms with Gasteiger partial charge in [0.15, 0.2) is 12.4 Å². The molecule has 0 unspecified atom stereocenters. The Kier molecular flexibility index (Phi) is 6.09. The van der Waals surface area contributed by atoms with E-state index in [1.54, 1.807) is 11.9 Å². The average Bonchev–Trinajstić information content (AvgIpc) is 3.29. The smallest absolute Gasteiger partial charge is 0.317 e. The fraction of sp³-hybridized carbons (Fsp3) is 0.526. The van der Waals surface area contributed by atoms with Crippen LogP contribution in [0.1, 0.15) is 43.0 Å². The zero-order valence-electron chi connectivity index (χ0n) is 15.4. The van der Waals surface area contributed by atoms with Gasteiger partial charge in [-0.2, -0.15) is 4.98 Å². The first-order chi connectivity index (χ1) is 12.6. The lowest BCUT2D eigenvalue weighted by molar-refractivity contribution is 0.205. The van der Waals surface area contributed by atoms with Gasteiger partial charge in [0.25, 0.3) is 5.89 Å². The molecule has 7 nitrogen and oxygen atoms in total. The molecule has 1 fully saturated rings. The first-order valence-corrected chi connectivity index (χ1v) is 9.13. The maximum absolute atomic E-state index is 12.1. The molecule has 0 radical (unpaired) electrons. The molecule has 1 heterocycles. The number of rotatable bonds is 7. The second-order valence-electron chi connectivity index (χ2n) is 6.81. The molecule has 0 saturated heterocycles. The van der Waals surface area contributed by atoms with E-state index in [-0.39, 0.29) is 12.6 Å². The van der Waals surface area contributed by atoms with Crippen molar-refractivity contribution in [2.45, 2.75) is 51.7 Å². The topological polar surface area (TPSA) is 80.5 Å². The molecule has 1 saturated carbocycles. The number of benzene rings is 1. The van der Waals surface area contributed by atoms with Crippen molar-refractivity contribution < 1.29 is 14.1 Å². The van der Waals surface area contributed by atoms with E-state index in [1.807, 2.05) is 31.2 Å². The number of likely N-dealkylation sites (N-methyl/N-ethyl adjacent to an activating group) is 1. The number of urea groups is 1. The molecule has 7 heteroatoms. The van der Waals surface area contributed by atoms with Crippen LogP contribution in [-0.4, -0.2) is 40.7 Å². The van der Waals surface area contributed by atoms with Gasteiger partial charge in [0.2, 0.25) is 0 Å². The number of aryl methyl sites for hydroxylation is 1. The van der Waals surface area contributed by atoms with Gasteiger partial charge in [-0.3, -0.25) is 0 Å². The summed E-state index contributed by atoms with van der Waals surface area (Å²) in [6, 6.07) is 8.08. The Morgan fingerprint density at radius 3 is 2.96 bits per heavy atom. The minimum atomic E-state index is -0.0385. The summed E-state index contributed by atoms with van der Waals surface area (Å²) in [6.45, 7) is 2.78. The van der Waals surface area contributed by atoms with E-state index in [2.05, 4.69) is 15.5 Å².